The molecule has 0 aliphatic carbocycles. The summed E-state index contributed by atoms with van der Waals surface area (Å²) in [4.78, 5) is 0. The molecule has 0 aliphatic rings. The summed E-state index contributed by atoms with van der Waals surface area (Å²) in [5.74, 6) is 0.505. The predicted octanol–water partition coefficient (Wildman–Crippen LogP) is 2.85. The van der Waals surface area contributed by atoms with Crippen LogP contribution in [0, 0.1) is 11.3 Å². The van der Waals surface area contributed by atoms with Crippen molar-refractivity contribution in [3.8, 4) is 0 Å². The molecule has 0 saturated heterocycles. The molecule has 9 heavy (non-hydrogen) atoms. The van der Waals surface area contributed by atoms with Crippen molar-refractivity contribution in [1.82, 2.24) is 0 Å². The van der Waals surface area contributed by atoms with Gasteiger partial charge in [-0.3, -0.25) is 0 Å². The second-order valence-corrected chi connectivity index (χ2v) is 2.73. The van der Waals surface area contributed by atoms with Crippen LogP contribution in [0.15, 0.2) is 0 Å². The highest BCUT2D eigenvalue weighted by molar-refractivity contribution is 5.80. The molecule has 1 atom stereocenters. The van der Waals surface area contributed by atoms with Gasteiger partial charge in [-0.2, -0.15) is 0 Å². The lowest BCUT2D eigenvalue weighted by Crippen LogP contribution is -2.04. The molecule has 0 radical (unpaired) electrons. The molecule has 0 amide bonds. The standard InChI is InChI=1S/C8H17N/c1-4-5-6-7(2)8(3)9/h7,9H,4-6H2,1-3H3/t7-/m0/s1. The fourth-order valence-electron chi connectivity index (χ4n) is 0.727. The van der Waals surface area contributed by atoms with Gasteiger partial charge in [0.25, 0.3) is 0 Å². The van der Waals surface area contributed by atoms with Crippen molar-refractivity contribution in [2.24, 2.45) is 5.92 Å². The lowest BCUT2D eigenvalue weighted by atomic mass is 10.0. The summed E-state index contributed by atoms with van der Waals surface area (Å²) < 4.78 is 0. The average molecular weight is 127 g/mol. The van der Waals surface area contributed by atoms with Crippen LogP contribution in [-0.2, 0) is 0 Å². The molecule has 0 bridgehead atoms. The zero-order valence-corrected chi connectivity index (χ0v) is 6.70. The molecule has 1 nitrogen and oxygen atoms in total. The van der Waals surface area contributed by atoms with Crippen LogP contribution in [0.2, 0.25) is 0 Å². The van der Waals surface area contributed by atoms with Gasteiger partial charge in [0.2, 0.25) is 0 Å². The monoisotopic (exact) mass is 127 g/mol. The maximum Gasteiger partial charge on any atom is 0.00863 e. The first-order valence-corrected chi connectivity index (χ1v) is 3.73. The van der Waals surface area contributed by atoms with E-state index in [1.54, 1.807) is 0 Å². The SMILES string of the molecule is CCCC[C@H](C)C(C)=N. The summed E-state index contributed by atoms with van der Waals surface area (Å²) in [6.45, 7) is 6.20. The van der Waals surface area contributed by atoms with E-state index in [1.165, 1.54) is 19.3 Å². The van der Waals surface area contributed by atoms with Gasteiger partial charge >= 0.3 is 0 Å². The minimum atomic E-state index is 0.505. The van der Waals surface area contributed by atoms with E-state index in [9.17, 15) is 0 Å². The Hall–Kier alpha value is -0.330. The molecule has 0 saturated carbocycles. The molecule has 0 rings (SSSR count). The minimum absolute atomic E-state index is 0.505. The summed E-state index contributed by atoms with van der Waals surface area (Å²) in [5, 5.41) is 7.28. The molecule has 0 fully saturated rings. The van der Waals surface area contributed by atoms with Gasteiger partial charge in [-0.25, -0.2) is 0 Å². The van der Waals surface area contributed by atoms with Gasteiger partial charge < -0.3 is 5.41 Å². The molecule has 0 aromatic rings. The normalized spacial score (nSPS) is 13.2. The fourth-order valence-corrected chi connectivity index (χ4v) is 0.727. The van der Waals surface area contributed by atoms with Crippen LogP contribution in [0.25, 0.3) is 0 Å². The van der Waals surface area contributed by atoms with E-state index in [-0.39, 0.29) is 0 Å². The van der Waals surface area contributed by atoms with E-state index in [0.717, 1.165) is 5.71 Å². The highest BCUT2D eigenvalue weighted by Crippen LogP contribution is 2.07. The van der Waals surface area contributed by atoms with Crippen LogP contribution >= 0.6 is 0 Å². The third kappa shape index (κ3) is 4.19. The summed E-state index contributed by atoms with van der Waals surface area (Å²) >= 11 is 0. The van der Waals surface area contributed by atoms with E-state index in [1.807, 2.05) is 6.92 Å². The fraction of sp³-hybridized carbons (Fsp3) is 0.875. The number of hydrogen-bond donors (Lipinski definition) is 1. The first-order valence-electron chi connectivity index (χ1n) is 3.73. The lowest BCUT2D eigenvalue weighted by Gasteiger charge is -2.06. The van der Waals surface area contributed by atoms with Crippen molar-refractivity contribution in [1.29, 1.82) is 5.41 Å². The predicted molar refractivity (Wildman–Crippen MR) is 42.1 cm³/mol. The topological polar surface area (TPSA) is 23.9 Å². The molecular formula is C8H17N. The summed E-state index contributed by atoms with van der Waals surface area (Å²) in [7, 11) is 0. The van der Waals surface area contributed by atoms with E-state index in [4.69, 9.17) is 5.41 Å². The zero-order chi connectivity index (χ0) is 7.28. The van der Waals surface area contributed by atoms with Crippen molar-refractivity contribution >= 4 is 5.71 Å². The van der Waals surface area contributed by atoms with E-state index in [0.29, 0.717) is 5.92 Å². The summed E-state index contributed by atoms with van der Waals surface area (Å²) in [5.41, 5.74) is 0.823. The van der Waals surface area contributed by atoms with Crippen LogP contribution in [0.4, 0.5) is 0 Å². The van der Waals surface area contributed by atoms with Crippen molar-refractivity contribution in [2.45, 2.75) is 40.0 Å². The zero-order valence-electron chi connectivity index (χ0n) is 6.70. The third-order valence-corrected chi connectivity index (χ3v) is 1.73. The quantitative estimate of drug-likeness (QED) is 0.561. The second-order valence-electron chi connectivity index (χ2n) is 2.73. The molecule has 54 valence electrons. The van der Waals surface area contributed by atoms with Gasteiger partial charge in [0.05, 0.1) is 0 Å². The molecule has 1 N–H and O–H groups in total. The highest BCUT2D eigenvalue weighted by Gasteiger charge is 2.01. The Morgan fingerprint density at radius 1 is 1.56 bits per heavy atom. The summed E-state index contributed by atoms with van der Waals surface area (Å²) in [6.07, 6.45) is 3.70. The highest BCUT2D eigenvalue weighted by atomic mass is 14.4. The van der Waals surface area contributed by atoms with E-state index in [2.05, 4.69) is 13.8 Å². The maximum absolute atomic E-state index is 7.28. The number of nitrogens with one attached hydrogen (secondary N) is 1. The Bertz CT molecular complexity index is 86.6. The average Bonchev–Trinajstić information content (AvgIpc) is 1.82. The summed E-state index contributed by atoms with van der Waals surface area (Å²) in [6, 6.07) is 0. The maximum atomic E-state index is 7.28. The Balaban J connectivity index is 3.27. The molecule has 0 heterocycles. The van der Waals surface area contributed by atoms with Crippen molar-refractivity contribution in [3.63, 3.8) is 0 Å². The Morgan fingerprint density at radius 2 is 2.11 bits per heavy atom. The van der Waals surface area contributed by atoms with Gasteiger partial charge in [0.15, 0.2) is 0 Å². The van der Waals surface area contributed by atoms with E-state index >= 15 is 0 Å². The Morgan fingerprint density at radius 3 is 2.44 bits per heavy atom. The molecule has 0 aromatic carbocycles. The molecule has 0 spiro atoms. The van der Waals surface area contributed by atoms with Gasteiger partial charge in [-0.15, -0.1) is 0 Å². The van der Waals surface area contributed by atoms with Gasteiger partial charge in [-0.1, -0.05) is 26.7 Å². The molecule has 1 heteroatoms. The third-order valence-electron chi connectivity index (χ3n) is 1.73. The molecule has 0 aromatic heterocycles. The first-order chi connectivity index (χ1) is 4.18. The van der Waals surface area contributed by atoms with Crippen LogP contribution < -0.4 is 0 Å². The molecular weight excluding hydrogens is 110 g/mol. The number of rotatable bonds is 4. The number of unbranched alkanes of at least 4 members (excludes halogenated alkanes) is 1. The van der Waals surface area contributed by atoms with Crippen molar-refractivity contribution in [3.05, 3.63) is 0 Å². The smallest absolute Gasteiger partial charge is 0.00863 e. The van der Waals surface area contributed by atoms with Gasteiger partial charge in [0.1, 0.15) is 0 Å². The van der Waals surface area contributed by atoms with Crippen LogP contribution in [0.1, 0.15) is 40.0 Å². The Kier molecular flexibility index (Phi) is 4.37. The molecule has 0 aliphatic heterocycles. The molecule has 0 unspecified atom stereocenters. The minimum Gasteiger partial charge on any atom is -0.310 e. The van der Waals surface area contributed by atoms with Crippen molar-refractivity contribution in [2.75, 3.05) is 0 Å². The van der Waals surface area contributed by atoms with Gasteiger partial charge in [0, 0.05) is 5.71 Å². The first kappa shape index (κ1) is 8.67. The second kappa shape index (κ2) is 4.54. The van der Waals surface area contributed by atoms with E-state index < -0.39 is 0 Å². The van der Waals surface area contributed by atoms with Crippen LogP contribution in [0.3, 0.4) is 0 Å². The van der Waals surface area contributed by atoms with Gasteiger partial charge in [-0.05, 0) is 19.3 Å². The number of hydrogen-bond acceptors (Lipinski definition) is 1. The Labute approximate surface area is 58.0 Å². The van der Waals surface area contributed by atoms with Crippen LogP contribution in [0.5, 0.6) is 0 Å². The van der Waals surface area contributed by atoms with Crippen molar-refractivity contribution < 1.29 is 0 Å². The lowest BCUT2D eigenvalue weighted by molar-refractivity contribution is 0.620. The van der Waals surface area contributed by atoms with Crippen LogP contribution in [-0.4, -0.2) is 5.71 Å². The largest absolute Gasteiger partial charge is 0.310 e.